The molecule has 0 unspecified atom stereocenters. The van der Waals surface area contributed by atoms with Crippen LogP contribution in [0.1, 0.15) is 88.2 Å². The Morgan fingerprint density at radius 2 is 1.78 bits per heavy atom. The fourth-order valence-electron chi connectivity index (χ4n) is 6.35. The second-order valence-electron chi connectivity index (χ2n) is 12.8. The Kier molecular flexibility index (Phi) is 8.04. The molecule has 10 nitrogen and oxygen atoms in total. The standard InChI is InChI=1S/C30H41N5O5S/c1-19-23(29(38)32-22-14-21(15-22)16-27(36)37)17-25(35(19)18-20-8-6-5-7-9-20)24-10-11-26(28-31-12-13-34(24)28)41(39,40)33-30(2,3)4/h10-13,17,20-22,33H,5-9,14-16,18H2,1-4H3,(H,32,38)(H,36,37). The number of aliphatic carboxylic acids is 1. The number of sulfonamides is 1. The lowest BCUT2D eigenvalue weighted by atomic mass is 9.78. The molecule has 0 spiro atoms. The molecule has 0 atom stereocenters. The van der Waals surface area contributed by atoms with E-state index >= 15 is 0 Å². The summed E-state index contributed by atoms with van der Waals surface area (Å²) in [6, 6.07) is 5.26. The van der Waals surface area contributed by atoms with Gasteiger partial charge in [0.25, 0.3) is 5.91 Å². The number of amides is 1. The van der Waals surface area contributed by atoms with E-state index in [0.717, 1.165) is 36.5 Å². The summed E-state index contributed by atoms with van der Waals surface area (Å²) < 4.78 is 33.2. The number of carboxylic acid groups (broad SMARTS) is 1. The Morgan fingerprint density at radius 3 is 2.44 bits per heavy atom. The van der Waals surface area contributed by atoms with E-state index in [0.29, 0.717) is 30.0 Å². The molecule has 5 rings (SSSR count). The number of carbonyl (C=O) groups is 2. The van der Waals surface area contributed by atoms with Crippen LogP contribution in [0.25, 0.3) is 17.0 Å². The van der Waals surface area contributed by atoms with Crippen molar-refractivity contribution in [2.75, 3.05) is 0 Å². The number of nitrogens with one attached hydrogen (secondary N) is 2. The number of rotatable bonds is 9. The lowest BCUT2D eigenvalue weighted by molar-refractivity contribution is -0.138. The quantitative estimate of drug-likeness (QED) is 0.333. The number of imidazole rings is 1. The topological polar surface area (TPSA) is 135 Å². The average molecular weight is 584 g/mol. The molecule has 2 aliphatic carbocycles. The number of hydrogen-bond acceptors (Lipinski definition) is 5. The lowest BCUT2D eigenvalue weighted by Crippen LogP contribution is -2.44. The third kappa shape index (κ3) is 6.35. The van der Waals surface area contributed by atoms with Gasteiger partial charge in [0.1, 0.15) is 4.90 Å². The van der Waals surface area contributed by atoms with Gasteiger partial charge in [-0.15, -0.1) is 0 Å². The summed E-state index contributed by atoms with van der Waals surface area (Å²) in [7, 11) is -3.83. The molecule has 2 aliphatic rings. The van der Waals surface area contributed by atoms with Crippen LogP contribution in [0, 0.1) is 18.8 Å². The van der Waals surface area contributed by atoms with Gasteiger partial charge in [-0.3, -0.25) is 14.0 Å². The molecule has 222 valence electrons. The summed E-state index contributed by atoms with van der Waals surface area (Å²) in [6.45, 7) is 8.13. The van der Waals surface area contributed by atoms with Gasteiger partial charge in [-0.05, 0) is 83.4 Å². The zero-order valence-electron chi connectivity index (χ0n) is 24.3. The minimum absolute atomic E-state index is 0.0310. The number of pyridine rings is 1. The molecule has 1 amide bonds. The van der Waals surface area contributed by atoms with Crippen molar-refractivity contribution in [1.29, 1.82) is 0 Å². The van der Waals surface area contributed by atoms with E-state index in [-0.39, 0.29) is 29.2 Å². The summed E-state index contributed by atoms with van der Waals surface area (Å²) in [5.41, 5.74) is 2.72. The van der Waals surface area contributed by atoms with E-state index in [4.69, 9.17) is 5.11 Å². The lowest BCUT2D eigenvalue weighted by Gasteiger charge is -2.34. The average Bonchev–Trinajstić information content (AvgIpc) is 3.46. The highest BCUT2D eigenvalue weighted by atomic mass is 32.2. The van der Waals surface area contributed by atoms with Crippen molar-refractivity contribution in [2.45, 2.75) is 102 Å². The van der Waals surface area contributed by atoms with Crippen LogP contribution in [-0.4, -0.2) is 50.9 Å². The van der Waals surface area contributed by atoms with Crippen LogP contribution < -0.4 is 10.0 Å². The second-order valence-corrected chi connectivity index (χ2v) is 14.5. The molecule has 11 heteroatoms. The minimum atomic E-state index is -3.83. The number of aromatic nitrogens is 3. The number of nitrogens with zero attached hydrogens (tertiary/aromatic N) is 3. The maximum Gasteiger partial charge on any atom is 0.303 e. The maximum atomic E-state index is 13.5. The van der Waals surface area contributed by atoms with E-state index in [9.17, 15) is 18.0 Å². The molecule has 0 bridgehead atoms. The molecule has 3 N–H and O–H groups in total. The first kappa shape index (κ1) is 29.3. The Bertz CT molecular complexity index is 1550. The van der Waals surface area contributed by atoms with Gasteiger partial charge in [-0.2, -0.15) is 0 Å². The van der Waals surface area contributed by atoms with Crippen molar-refractivity contribution in [3.8, 4) is 11.4 Å². The van der Waals surface area contributed by atoms with Crippen LogP contribution in [-0.2, 0) is 21.4 Å². The second kappa shape index (κ2) is 11.2. The molecule has 0 radical (unpaired) electrons. The Labute approximate surface area is 241 Å². The van der Waals surface area contributed by atoms with E-state index < -0.39 is 21.5 Å². The van der Waals surface area contributed by atoms with E-state index in [1.807, 2.05) is 13.0 Å². The zero-order valence-corrected chi connectivity index (χ0v) is 25.1. The molecule has 0 saturated heterocycles. The zero-order chi connectivity index (χ0) is 29.5. The van der Waals surface area contributed by atoms with Gasteiger partial charge < -0.3 is 15.0 Å². The third-order valence-corrected chi connectivity index (χ3v) is 10.1. The highest BCUT2D eigenvalue weighted by Crippen LogP contribution is 2.34. The van der Waals surface area contributed by atoms with Crippen molar-refractivity contribution in [3.63, 3.8) is 0 Å². The highest BCUT2D eigenvalue weighted by Gasteiger charge is 2.33. The molecule has 3 aromatic rings. The van der Waals surface area contributed by atoms with Crippen LogP contribution in [0.2, 0.25) is 0 Å². The molecular weight excluding hydrogens is 542 g/mol. The highest BCUT2D eigenvalue weighted by molar-refractivity contribution is 7.89. The first-order chi connectivity index (χ1) is 19.3. The fraction of sp³-hybridized carbons (Fsp3) is 0.567. The van der Waals surface area contributed by atoms with Crippen LogP contribution in [0.3, 0.4) is 0 Å². The summed E-state index contributed by atoms with van der Waals surface area (Å²) in [4.78, 5) is 29.0. The van der Waals surface area contributed by atoms with E-state index in [2.05, 4.69) is 19.6 Å². The third-order valence-electron chi connectivity index (χ3n) is 8.32. The minimum Gasteiger partial charge on any atom is -0.481 e. The van der Waals surface area contributed by atoms with Gasteiger partial charge in [0.2, 0.25) is 10.0 Å². The van der Waals surface area contributed by atoms with Crippen molar-refractivity contribution in [3.05, 3.63) is 41.9 Å². The Balaban J connectivity index is 1.51. The van der Waals surface area contributed by atoms with Crippen molar-refractivity contribution in [1.82, 2.24) is 24.0 Å². The smallest absolute Gasteiger partial charge is 0.303 e. The number of hydrogen-bond donors (Lipinski definition) is 3. The van der Waals surface area contributed by atoms with Gasteiger partial charge in [0.05, 0.1) is 17.0 Å². The molecule has 2 fully saturated rings. The molecule has 0 aromatic carbocycles. The van der Waals surface area contributed by atoms with Gasteiger partial charge >= 0.3 is 5.97 Å². The van der Waals surface area contributed by atoms with E-state index in [1.54, 1.807) is 49.7 Å². The van der Waals surface area contributed by atoms with Crippen molar-refractivity contribution in [2.24, 2.45) is 11.8 Å². The number of carboxylic acids is 1. The van der Waals surface area contributed by atoms with Crippen molar-refractivity contribution >= 4 is 27.5 Å². The first-order valence-corrected chi connectivity index (χ1v) is 16.0. The Hall–Kier alpha value is -3.18. The molecule has 41 heavy (non-hydrogen) atoms. The van der Waals surface area contributed by atoms with Crippen LogP contribution >= 0.6 is 0 Å². The van der Waals surface area contributed by atoms with Crippen LogP contribution in [0.5, 0.6) is 0 Å². The van der Waals surface area contributed by atoms with Crippen LogP contribution in [0.15, 0.2) is 35.5 Å². The summed E-state index contributed by atoms with van der Waals surface area (Å²) in [5, 5.41) is 12.1. The molecule has 0 aliphatic heterocycles. The summed E-state index contributed by atoms with van der Waals surface area (Å²) >= 11 is 0. The normalized spacial score (nSPS) is 20.2. The van der Waals surface area contributed by atoms with Gasteiger partial charge in [-0.1, -0.05) is 19.3 Å². The fourth-order valence-corrected chi connectivity index (χ4v) is 7.90. The molecule has 2 saturated carbocycles. The SMILES string of the molecule is Cc1c(C(=O)NC2CC(CC(=O)O)C2)cc(-c2ccc(S(=O)(=O)NC(C)(C)C)c3nccn23)n1CC1CCCCC1. The largest absolute Gasteiger partial charge is 0.481 e. The maximum absolute atomic E-state index is 13.5. The molecule has 3 heterocycles. The van der Waals surface area contributed by atoms with Gasteiger partial charge in [0, 0.05) is 42.6 Å². The predicted octanol–water partition coefficient (Wildman–Crippen LogP) is 4.75. The predicted molar refractivity (Wildman–Crippen MR) is 156 cm³/mol. The number of fused-ring (bicyclic) bond motifs is 1. The van der Waals surface area contributed by atoms with Crippen LogP contribution in [0.4, 0.5) is 0 Å². The van der Waals surface area contributed by atoms with Gasteiger partial charge in [-0.25, -0.2) is 18.1 Å². The molecular formula is C30H41N5O5S. The Morgan fingerprint density at radius 1 is 1.07 bits per heavy atom. The number of carbonyl (C=O) groups excluding carboxylic acids is 1. The summed E-state index contributed by atoms with van der Waals surface area (Å²) in [5.74, 6) is -0.372. The monoisotopic (exact) mass is 583 g/mol. The summed E-state index contributed by atoms with van der Waals surface area (Å²) in [6.07, 6.45) is 10.7. The van der Waals surface area contributed by atoms with Gasteiger partial charge in [0.15, 0.2) is 5.65 Å². The van der Waals surface area contributed by atoms with Crippen molar-refractivity contribution < 1.29 is 23.1 Å². The molecule has 3 aromatic heterocycles. The first-order valence-electron chi connectivity index (χ1n) is 14.6. The van der Waals surface area contributed by atoms with E-state index in [1.165, 1.54) is 19.3 Å².